The van der Waals surface area contributed by atoms with Gasteiger partial charge in [-0.2, -0.15) is 0 Å². The molecule has 0 saturated carbocycles. The van der Waals surface area contributed by atoms with Gasteiger partial charge in [0.1, 0.15) is 11.6 Å². The van der Waals surface area contributed by atoms with E-state index >= 15 is 0 Å². The average Bonchev–Trinajstić information content (AvgIpc) is 3.43. The molecule has 2 bridgehead atoms. The van der Waals surface area contributed by atoms with E-state index in [1.54, 1.807) is 26.9 Å². The summed E-state index contributed by atoms with van der Waals surface area (Å²) < 4.78 is 6.76. The molecule has 3 saturated heterocycles. The summed E-state index contributed by atoms with van der Waals surface area (Å²) in [6.45, 7) is 18.7. The molecule has 7 atom stereocenters. The van der Waals surface area contributed by atoms with Gasteiger partial charge >= 0.3 is 0 Å². The Labute approximate surface area is 222 Å². The summed E-state index contributed by atoms with van der Waals surface area (Å²) in [6, 6.07) is -1.46. The molecule has 0 aromatic carbocycles. The standard InChI is InChI=1S/C29H47N3O5/c1-8-13-20(6)31(18-11-4)27(36)24-29-15-14-28(7,37-29)22(25(34)30(16-9-2)17-10-3)23(29)26(35)32(24)21(12-5)19-33/h9,11,20-24,33H,2,4,8,10,12-19H2,1,3,5-7H3/t20?,21-,22+,23-,24?,28-,29?/m0/s1. The number of hydrogen-bond acceptors (Lipinski definition) is 5. The van der Waals surface area contributed by atoms with Crippen LogP contribution in [0.3, 0.4) is 0 Å². The summed E-state index contributed by atoms with van der Waals surface area (Å²) in [5, 5.41) is 10.3. The fourth-order valence-corrected chi connectivity index (χ4v) is 7.10. The summed E-state index contributed by atoms with van der Waals surface area (Å²) >= 11 is 0. The first kappa shape index (κ1) is 29.4. The molecule has 3 aliphatic rings. The van der Waals surface area contributed by atoms with Gasteiger partial charge in [0.05, 0.1) is 30.1 Å². The van der Waals surface area contributed by atoms with E-state index in [2.05, 4.69) is 20.1 Å². The van der Waals surface area contributed by atoms with E-state index in [0.29, 0.717) is 38.9 Å². The number of carbonyl (C=O) groups excluding carboxylic acids is 3. The molecule has 3 aliphatic heterocycles. The molecule has 0 aliphatic carbocycles. The zero-order chi connectivity index (χ0) is 27.5. The minimum Gasteiger partial charge on any atom is -0.394 e. The maximum absolute atomic E-state index is 14.4. The Hall–Kier alpha value is -2.19. The van der Waals surface area contributed by atoms with Crippen LogP contribution in [0.2, 0.25) is 0 Å². The molecule has 3 heterocycles. The van der Waals surface area contributed by atoms with Crippen molar-refractivity contribution in [2.24, 2.45) is 11.8 Å². The van der Waals surface area contributed by atoms with Crippen LogP contribution < -0.4 is 0 Å². The Morgan fingerprint density at radius 2 is 1.84 bits per heavy atom. The van der Waals surface area contributed by atoms with Crippen LogP contribution in [-0.2, 0) is 19.1 Å². The lowest BCUT2D eigenvalue weighted by molar-refractivity contribution is -0.157. The van der Waals surface area contributed by atoms with Gasteiger partial charge in [-0.3, -0.25) is 14.4 Å². The Balaban J connectivity index is 2.13. The first-order chi connectivity index (χ1) is 17.6. The van der Waals surface area contributed by atoms with Crippen molar-refractivity contribution < 1.29 is 24.2 Å². The number of amides is 3. The topological polar surface area (TPSA) is 90.4 Å². The highest BCUT2D eigenvalue weighted by Crippen LogP contribution is 2.64. The lowest BCUT2D eigenvalue weighted by Crippen LogP contribution is -2.60. The largest absolute Gasteiger partial charge is 0.394 e. The SMILES string of the molecule is C=CCN(CCC)C(=O)[C@H]1[C@H]2C(=O)N([C@@H](CC)CO)C(C(=O)N(CC=C)C(C)CCC)C23CC[C@]1(C)O3. The normalized spacial score (nSPS) is 31.7. The fraction of sp³-hybridized carbons (Fsp3) is 0.759. The third-order valence-corrected chi connectivity index (χ3v) is 8.79. The second-order valence-electron chi connectivity index (χ2n) is 11.2. The average molecular weight is 518 g/mol. The van der Waals surface area contributed by atoms with E-state index < -0.39 is 35.1 Å². The molecule has 3 unspecified atom stereocenters. The summed E-state index contributed by atoms with van der Waals surface area (Å²) in [5.74, 6) is -1.99. The first-order valence-electron chi connectivity index (χ1n) is 14.1. The van der Waals surface area contributed by atoms with Gasteiger partial charge in [0.2, 0.25) is 17.7 Å². The summed E-state index contributed by atoms with van der Waals surface area (Å²) in [6.07, 6.45) is 7.56. The minimum atomic E-state index is -1.09. The van der Waals surface area contributed by atoms with Crippen LogP contribution >= 0.6 is 0 Å². The smallest absolute Gasteiger partial charge is 0.248 e. The number of hydrogen-bond donors (Lipinski definition) is 1. The Kier molecular flexibility index (Phi) is 9.27. The zero-order valence-corrected chi connectivity index (χ0v) is 23.4. The van der Waals surface area contributed by atoms with Gasteiger partial charge in [-0.05, 0) is 46.0 Å². The Bertz CT molecular complexity index is 889. The molecule has 1 spiro atoms. The van der Waals surface area contributed by atoms with Crippen molar-refractivity contribution in [2.75, 3.05) is 26.2 Å². The van der Waals surface area contributed by atoms with Crippen LogP contribution in [0.15, 0.2) is 25.3 Å². The van der Waals surface area contributed by atoms with E-state index in [-0.39, 0.29) is 30.4 Å². The first-order valence-corrected chi connectivity index (χ1v) is 14.1. The third kappa shape index (κ3) is 4.76. The number of fused-ring (bicyclic) bond motifs is 1. The molecule has 3 rings (SSSR count). The van der Waals surface area contributed by atoms with Crippen LogP contribution in [-0.4, -0.2) is 93.1 Å². The molecule has 0 aromatic heterocycles. The van der Waals surface area contributed by atoms with Gasteiger partial charge in [-0.25, -0.2) is 0 Å². The number of rotatable bonds is 14. The molecule has 0 radical (unpaired) electrons. The lowest BCUT2D eigenvalue weighted by atomic mass is 9.66. The molecule has 3 amide bonds. The third-order valence-electron chi connectivity index (χ3n) is 8.79. The monoisotopic (exact) mass is 517 g/mol. The lowest BCUT2D eigenvalue weighted by Gasteiger charge is -2.41. The van der Waals surface area contributed by atoms with Gasteiger partial charge < -0.3 is 24.5 Å². The number of nitrogens with zero attached hydrogens (tertiary/aromatic N) is 3. The summed E-state index contributed by atoms with van der Waals surface area (Å²) in [4.78, 5) is 47.8. The van der Waals surface area contributed by atoms with Crippen molar-refractivity contribution in [3.63, 3.8) is 0 Å². The van der Waals surface area contributed by atoms with E-state index in [1.807, 2.05) is 27.7 Å². The summed E-state index contributed by atoms with van der Waals surface area (Å²) in [5.41, 5.74) is -1.92. The highest BCUT2D eigenvalue weighted by Gasteiger charge is 2.78. The van der Waals surface area contributed by atoms with Crippen molar-refractivity contribution in [2.45, 2.75) is 102 Å². The number of aliphatic hydroxyl groups is 1. The second kappa shape index (κ2) is 11.7. The maximum Gasteiger partial charge on any atom is 0.248 e. The fourth-order valence-electron chi connectivity index (χ4n) is 7.10. The molecule has 3 fully saturated rings. The number of carbonyl (C=O) groups is 3. The van der Waals surface area contributed by atoms with Crippen LogP contribution in [0, 0.1) is 11.8 Å². The molecular weight excluding hydrogens is 470 g/mol. The molecule has 37 heavy (non-hydrogen) atoms. The molecule has 1 N–H and O–H groups in total. The second-order valence-corrected chi connectivity index (χ2v) is 11.2. The number of ether oxygens (including phenoxy) is 1. The highest BCUT2D eigenvalue weighted by atomic mass is 16.5. The van der Waals surface area contributed by atoms with E-state index in [1.165, 1.54) is 0 Å². The van der Waals surface area contributed by atoms with Crippen LogP contribution in [0.5, 0.6) is 0 Å². The minimum absolute atomic E-state index is 0.0450. The highest BCUT2D eigenvalue weighted by molar-refractivity contribution is 5.99. The maximum atomic E-state index is 14.4. The Morgan fingerprint density at radius 3 is 2.38 bits per heavy atom. The summed E-state index contributed by atoms with van der Waals surface area (Å²) in [7, 11) is 0. The number of aliphatic hydroxyl groups excluding tert-OH is 1. The molecule has 8 nitrogen and oxygen atoms in total. The van der Waals surface area contributed by atoms with Crippen LogP contribution in [0.1, 0.15) is 73.1 Å². The van der Waals surface area contributed by atoms with E-state index in [0.717, 1.165) is 19.3 Å². The van der Waals surface area contributed by atoms with Gasteiger partial charge in [0, 0.05) is 25.7 Å². The van der Waals surface area contributed by atoms with Crippen molar-refractivity contribution in [3.8, 4) is 0 Å². The van der Waals surface area contributed by atoms with Crippen molar-refractivity contribution >= 4 is 17.7 Å². The van der Waals surface area contributed by atoms with Crippen LogP contribution in [0.25, 0.3) is 0 Å². The van der Waals surface area contributed by atoms with Gasteiger partial charge in [0.15, 0.2) is 0 Å². The van der Waals surface area contributed by atoms with Crippen molar-refractivity contribution in [1.82, 2.24) is 14.7 Å². The number of likely N-dealkylation sites (tertiary alicyclic amines) is 1. The molecule has 208 valence electrons. The van der Waals surface area contributed by atoms with E-state index in [4.69, 9.17) is 4.74 Å². The molecule has 0 aromatic rings. The van der Waals surface area contributed by atoms with Crippen molar-refractivity contribution in [3.05, 3.63) is 25.3 Å². The van der Waals surface area contributed by atoms with Gasteiger partial charge in [-0.1, -0.05) is 39.3 Å². The van der Waals surface area contributed by atoms with E-state index in [9.17, 15) is 19.5 Å². The van der Waals surface area contributed by atoms with Gasteiger partial charge in [0.25, 0.3) is 0 Å². The molecular formula is C29H47N3O5. The Morgan fingerprint density at radius 1 is 1.16 bits per heavy atom. The van der Waals surface area contributed by atoms with Crippen molar-refractivity contribution in [1.29, 1.82) is 0 Å². The molecule has 8 heteroatoms. The predicted molar refractivity (Wildman–Crippen MR) is 144 cm³/mol. The zero-order valence-electron chi connectivity index (χ0n) is 23.4. The predicted octanol–water partition coefficient (Wildman–Crippen LogP) is 3.15. The quantitative estimate of drug-likeness (QED) is 0.358. The van der Waals surface area contributed by atoms with Gasteiger partial charge in [-0.15, -0.1) is 13.2 Å². The van der Waals surface area contributed by atoms with Crippen LogP contribution in [0.4, 0.5) is 0 Å².